The minimum atomic E-state index is -0.176. The van der Waals surface area contributed by atoms with Gasteiger partial charge in [-0.25, -0.2) is 0 Å². The van der Waals surface area contributed by atoms with Gasteiger partial charge in [0.1, 0.15) is 11.2 Å². The van der Waals surface area contributed by atoms with Crippen LogP contribution in [0.2, 0.25) is 0 Å². The number of benzene rings is 10. The van der Waals surface area contributed by atoms with Crippen LogP contribution in [0, 0.1) is 0 Å². The molecule has 0 fully saturated rings. The van der Waals surface area contributed by atoms with Crippen molar-refractivity contribution >= 4 is 65.0 Å². The normalized spacial score (nSPS) is 13.3. The lowest BCUT2D eigenvalue weighted by Gasteiger charge is -2.24. The molecule has 0 unspecified atom stereocenters. The van der Waals surface area contributed by atoms with Gasteiger partial charge in [0.2, 0.25) is 0 Å². The zero-order valence-electron chi connectivity index (χ0n) is 31.2. The largest absolute Gasteiger partial charge is 0.455 e. The molecule has 11 aromatic rings. The smallest absolute Gasteiger partial charge is 0.143 e. The standard InChI is InChI=1S/C55H36O/c1-55(2)47-27-14-26-46(51(47)52-39-18-5-3-15-36(39)37-16-4-10-23-44(37)53(52)55)50-42-21-8-6-19-40(42)49(41-20-7-9-22-43(41)50)34-31-29-33(30-32-34)35-24-13-25-45-38-17-11-12-28-48(38)56-54(35)45/h3-32H,1-2H3. The maximum absolute atomic E-state index is 6.43. The van der Waals surface area contributed by atoms with Gasteiger partial charge in [-0.05, 0) is 99.2 Å². The number of rotatable bonds is 3. The monoisotopic (exact) mass is 712 g/mol. The highest BCUT2D eigenvalue weighted by molar-refractivity contribution is 6.25. The maximum Gasteiger partial charge on any atom is 0.143 e. The first-order chi connectivity index (χ1) is 27.6. The Kier molecular flexibility index (Phi) is 6.46. The van der Waals surface area contributed by atoms with Crippen molar-refractivity contribution in [2.24, 2.45) is 0 Å². The van der Waals surface area contributed by atoms with E-state index in [1.807, 2.05) is 6.07 Å². The molecule has 0 N–H and O–H groups in total. The zero-order valence-corrected chi connectivity index (χ0v) is 31.2. The molecule has 12 rings (SSSR count). The first-order valence-corrected chi connectivity index (χ1v) is 19.6. The van der Waals surface area contributed by atoms with Crippen molar-refractivity contribution in [1.29, 1.82) is 0 Å². The van der Waals surface area contributed by atoms with Crippen LogP contribution in [0.4, 0.5) is 0 Å². The van der Waals surface area contributed by atoms with E-state index in [9.17, 15) is 0 Å². The summed E-state index contributed by atoms with van der Waals surface area (Å²) in [5.41, 5.74) is 14.5. The molecule has 0 bridgehead atoms. The van der Waals surface area contributed by atoms with Gasteiger partial charge >= 0.3 is 0 Å². The lowest BCUT2D eigenvalue weighted by Crippen LogP contribution is -2.15. The second-order valence-electron chi connectivity index (χ2n) is 15.9. The fourth-order valence-corrected chi connectivity index (χ4v) is 10.3. The summed E-state index contributed by atoms with van der Waals surface area (Å²) in [6, 6.07) is 67.0. The summed E-state index contributed by atoms with van der Waals surface area (Å²) >= 11 is 0. The van der Waals surface area contributed by atoms with Crippen LogP contribution >= 0.6 is 0 Å². The van der Waals surface area contributed by atoms with Crippen molar-refractivity contribution in [1.82, 2.24) is 0 Å². The Morgan fingerprint density at radius 2 is 0.786 bits per heavy atom. The molecule has 0 aliphatic heterocycles. The van der Waals surface area contributed by atoms with E-state index in [4.69, 9.17) is 4.42 Å². The minimum absolute atomic E-state index is 0.176. The molecule has 1 heteroatoms. The Hall–Kier alpha value is -6.96. The first-order valence-electron chi connectivity index (χ1n) is 19.6. The molecule has 0 saturated heterocycles. The highest BCUT2D eigenvalue weighted by Crippen LogP contribution is 2.58. The summed E-state index contributed by atoms with van der Waals surface area (Å²) in [6.07, 6.45) is 0. The fraction of sp³-hybridized carbons (Fsp3) is 0.0545. The van der Waals surface area contributed by atoms with Crippen molar-refractivity contribution < 1.29 is 4.42 Å². The topological polar surface area (TPSA) is 13.1 Å². The lowest BCUT2D eigenvalue weighted by atomic mass is 9.79. The van der Waals surface area contributed by atoms with Crippen molar-refractivity contribution in [3.63, 3.8) is 0 Å². The Balaban J connectivity index is 1.11. The van der Waals surface area contributed by atoms with Crippen molar-refractivity contribution in [3.8, 4) is 44.5 Å². The van der Waals surface area contributed by atoms with E-state index < -0.39 is 0 Å². The average Bonchev–Trinajstić information content (AvgIpc) is 3.75. The van der Waals surface area contributed by atoms with Crippen LogP contribution in [0.15, 0.2) is 186 Å². The van der Waals surface area contributed by atoms with Gasteiger partial charge in [-0.15, -0.1) is 0 Å². The molecule has 1 aliphatic rings. The molecular formula is C55H36O. The van der Waals surface area contributed by atoms with E-state index in [0.29, 0.717) is 0 Å². The number of fused-ring (bicyclic) bond motifs is 13. The van der Waals surface area contributed by atoms with Gasteiger partial charge in [-0.1, -0.05) is 190 Å². The van der Waals surface area contributed by atoms with Crippen molar-refractivity contribution in [3.05, 3.63) is 193 Å². The number of hydrogen-bond acceptors (Lipinski definition) is 1. The fourth-order valence-electron chi connectivity index (χ4n) is 10.3. The Morgan fingerprint density at radius 3 is 1.45 bits per heavy atom. The van der Waals surface area contributed by atoms with E-state index in [2.05, 4.69) is 190 Å². The molecule has 1 nitrogen and oxygen atoms in total. The van der Waals surface area contributed by atoms with Crippen molar-refractivity contribution in [2.45, 2.75) is 19.3 Å². The number of hydrogen-bond donors (Lipinski definition) is 0. The zero-order chi connectivity index (χ0) is 37.1. The third kappa shape index (κ3) is 4.20. The van der Waals surface area contributed by atoms with Gasteiger partial charge in [-0.2, -0.15) is 0 Å². The van der Waals surface area contributed by atoms with Gasteiger partial charge in [0.25, 0.3) is 0 Å². The quantitative estimate of drug-likeness (QED) is 0.131. The summed E-state index contributed by atoms with van der Waals surface area (Å²) in [7, 11) is 0. The van der Waals surface area contributed by atoms with E-state index >= 15 is 0 Å². The van der Waals surface area contributed by atoms with Crippen LogP contribution in [0.3, 0.4) is 0 Å². The molecule has 0 atom stereocenters. The second-order valence-corrected chi connectivity index (χ2v) is 15.9. The third-order valence-corrected chi connectivity index (χ3v) is 12.6. The van der Waals surface area contributed by atoms with Crippen LogP contribution in [0.1, 0.15) is 25.0 Å². The summed E-state index contributed by atoms with van der Waals surface area (Å²) in [6.45, 7) is 4.83. The van der Waals surface area contributed by atoms with Crippen LogP contribution < -0.4 is 0 Å². The van der Waals surface area contributed by atoms with Gasteiger partial charge < -0.3 is 4.42 Å². The molecule has 10 aromatic carbocycles. The molecule has 1 heterocycles. The molecule has 1 aromatic heterocycles. The number of para-hydroxylation sites is 2. The Morgan fingerprint density at radius 1 is 0.321 bits per heavy atom. The van der Waals surface area contributed by atoms with E-state index in [0.717, 1.165) is 33.1 Å². The predicted molar refractivity (Wildman–Crippen MR) is 238 cm³/mol. The SMILES string of the molecule is CC1(C)c2cccc(-c3c4ccccc4c(-c4ccc(-c5cccc6c5oc5ccccc56)cc4)c4ccccc34)c2-c2c1c1ccccc1c1ccccc21. The average molecular weight is 713 g/mol. The Bertz CT molecular complexity index is 3370. The number of furan rings is 1. The third-order valence-electron chi connectivity index (χ3n) is 12.6. The van der Waals surface area contributed by atoms with Gasteiger partial charge in [0, 0.05) is 21.8 Å². The molecular weight excluding hydrogens is 677 g/mol. The van der Waals surface area contributed by atoms with Gasteiger partial charge in [0.15, 0.2) is 0 Å². The highest BCUT2D eigenvalue weighted by Gasteiger charge is 2.40. The van der Waals surface area contributed by atoms with Crippen LogP contribution in [0.5, 0.6) is 0 Å². The van der Waals surface area contributed by atoms with Crippen LogP contribution in [-0.4, -0.2) is 0 Å². The summed E-state index contributed by atoms with van der Waals surface area (Å²) in [5.74, 6) is 0. The maximum atomic E-state index is 6.43. The first kappa shape index (κ1) is 31.4. The second kappa shape index (κ2) is 11.5. The van der Waals surface area contributed by atoms with Crippen molar-refractivity contribution in [2.75, 3.05) is 0 Å². The molecule has 56 heavy (non-hydrogen) atoms. The molecule has 262 valence electrons. The summed E-state index contributed by atoms with van der Waals surface area (Å²) < 4.78 is 6.43. The molecule has 0 saturated carbocycles. The molecule has 0 spiro atoms. The Labute approximate surface area is 325 Å². The summed E-state index contributed by atoms with van der Waals surface area (Å²) in [5, 5.41) is 12.6. The van der Waals surface area contributed by atoms with Gasteiger partial charge in [0.05, 0.1) is 0 Å². The minimum Gasteiger partial charge on any atom is -0.455 e. The summed E-state index contributed by atoms with van der Waals surface area (Å²) in [4.78, 5) is 0. The van der Waals surface area contributed by atoms with Gasteiger partial charge in [-0.3, -0.25) is 0 Å². The molecule has 0 amide bonds. The van der Waals surface area contributed by atoms with Crippen LogP contribution in [-0.2, 0) is 5.41 Å². The molecule has 0 radical (unpaired) electrons. The lowest BCUT2D eigenvalue weighted by molar-refractivity contribution is 0.666. The van der Waals surface area contributed by atoms with E-state index in [1.54, 1.807) is 0 Å². The van der Waals surface area contributed by atoms with E-state index in [1.165, 1.54) is 87.6 Å². The predicted octanol–water partition coefficient (Wildman–Crippen LogP) is 15.5. The van der Waals surface area contributed by atoms with E-state index in [-0.39, 0.29) is 5.41 Å². The van der Waals surface area contributed by atoms with Crippen LogP contribution in [0.25, 0.3) is 110 Å². The highest BCUT2D eigenvalue weighted by atomic mass is 16.3. The molecule has 1 aliphatic carbocycles.